The molecule has 2 heteroatoms. The third kappa shape index (κ3) is 7.75. The molecule has 0 heterocycles. The van der Waals surface area contributed by atoms with E-state index in [1.54, 1.807) is 6.92 Å². The SMILES string of the molecule is CCC=CCC=CCN(C)C(C)O. The van der Waals surface area contributed by atoms with Gasteiger partial charge in [0.25, 0.3) is 0 Å². The molecule has 0 aliphatic rings. The molecule has 0 saturated heterocycles. The minimum Gasteiger partial charge on any atom is -0.379 e. The Bertz CT molecular complexity index is 161. The summed E-state index contributed by atoms with van der Waals surface area (Å²) in [6.07, 6.45) is 10.2. The lowest BCUT2D eigenvalue weighted by Crippen LogP contribution is -2.28. The molecule has 0 aromatic carbocycles. The standard InChI is InChI=1S/C11H21NO/c1-4-5-6-7-8-9-10-12(3)11(2)13/h5-6,8-9,11,13H,4,7,10H2,1-3H3. The summed E-state index contributed by atoms with van der Waals surface area (Å²) in [5, 5.41) is 9.14. The highest BCUT2D eigenvalue weighted by Gasteiger charge is 1.99. The maximum atomic E-state index is 9.14. The van der Waals surface area contributed by atoms with Crippen LogP contribution in [0.4, 0.5) is 0 Å². The zero-order chi connectivity index (χ0) is 10.1. The van der Waals surface area contributed by atoms with Gasteiger partial charge in [-0.2, -0.15) is 0 Å². The van der Waals surface area contributed by atoms with E-state index >= 15 is 0 Å². The van der Waals surface area contributed by atoms with Crippen molar-refractivity contribution in [3.8, 4) is 0 Å². The van der Waals surface area contributed by atoms with Gasteiger partial charge in [0.1, 0.15) is 6.23 Å². The summed E-state index contributed by atoms with van der Waals surface area (Å²) >= 11 is 0. The molecule has 1 unspecified atom stereocenters. The summed E-state index contributed by atoms with van der Waals surface area (Å²) in [4.78, 5) is 1.88. The van der Waals surface area contributed by atoms with Gasteiger partial charge >= 0.3 is 0 Å². The summed E-state index contributed by atoms with van der Waals surface area (Å²) in [5.74, 6) is 0. The third-order valence-electron chi connectivity index (χ3n) is 1.87. The summed E-state index contributed by atoms with van der Waals surface area (Å²) in [7, 11) is 1.90. The van der Waals surface area contributed by atoms with Crippen molar-refractivity contribution in [3.63, 3.8) is 0 Å². The molecule has 0 spiro atoms. The molecule has 0 fully saturated rings. The second kappa shape index (κ2) is 8.02. The highest BCUT2D eigenvalue weighted by molar-refractivity contribution is 4.93. The molecular weight excluding hydrogens is 162 g/mol. The van der Waals surface area contributed by atoms with Crippen LogP contribution in [-0.4, -0.2) is 29.8 Å². The van der Waals surface area contributed by atoms with Crippen molar-refractivity contribution >= 4 is 0 Å². The van der Waals surface area contributed by atoms with Crippen LogP contribution in [0.25, 0.3) is 0 Å². The van der Waals surface area contributed by atoms with Crippen LogP contribution in [-0.2, 0) is 0 Å². The average Bonchev–Trinajstić information content (AvgIpc) is 2.10. The maximum absolute atomic E-state index is 9.14. The highest BCUT2D eigenvalue weighted by Crippen LogP contribution is 1.92. The summed E-state index contributed by atoms with van der Waals surface area (Å²) in [5.41, 5.74) is 0. The molecule has 76 valence electrons. The van der Waals surface area contributed by atoms with Crippen molar-refractivity contribution in [3.05, 3.63) is 24.3 Å². The molecule has 0 aromatic heterocycles. The fourth-order valence-electron chi connectivity index (χ4n) is 0.831. The number of likely N-dealkylation sites (N-methyl/N-ethyl adjacent to an activating group) is 1. The number of rotatable bonds is 6. The molecule has 0 amide bonds. The summed E-state index contributed by atoms with van der Waals surface area (Å²) in [6, 6.07) is 0. The van der Waals surface area contributed by atoms with Crippen LogP contribution in [0.15, 0.2) is 24.3 Å². The molecule has 1 N–H and O–H groups in total. The smallest absolute Gasteiger partial charge is 0.104 e. The number of hydrogen-bond acceptors (Lipinski definition) is 2. The minimum absolute atomic E-state index is 0.365. The lowest BCUT2D eigenvalue weighted by molar-refractivity contribution is 0.0469. The van der Waals surface area contributed by atoms with Crippen LogP contribution in [0.3, 0.4) is 0 Å². The normalized spacial score (nSPS) is 14.8. The largest absolute Gasteiger partial charge is 0.379 e. The van der Waals surface area contributed by atoms with E-state index in [4.69, 9.17) is 5.11 Å². The van der Waals surface area contributed by atoms with E-state index in [1.807, 2.05) is 11.9 Å². The summed E-state index contributed by atoms with van der Waals surface area (Å²) < 4.78 is 0. The molecular formula is C11H21NO. The second-order valence-corrected chi connectivity index (χ2v) is 3.16. The van der Waals surface area contributed by atoms with Gasteiger partial charge in [-0.25, -0.2) is 0 Å². The molecule has 0 rings (SSSR count). The lowest BCUT2D eigenvalue weighted by Gasteiger charge is -2.17. The van der Waals surface area contributed by atoms with E-state index < -0.39 is 0 Å². The average molecular weight is 183 g/mol. The Morgan fingerprint density at radius 1 is 1.23 bits per heavy atom. The predicted molar refractivity (Wildman–Crippen MR) is 57.5 cm³/mol. The van der Waals surface area contributed by atoms with Gasteiger partial charge in [0.2, 0.25) is 0 Å². The van der Waals surface area contributed by atoms with Crippen LogP contribution in [0.2, 0.25) is 0 Å². The summed E-state index contributed by atoms with van der Waals surface area (Å²) in [6.45, 7) is 4.70. The van der Waals surface area contributed by atoms with Crippen molar-refractivity contribution in [2.45, 2.75) is 32.9 Å². The van der Waals surface area contributed by atoms with E-state index in [-0.39, 0.29) is 6.23 Å². The van der Waals surface area contributed by atoms with Gasteiger partial charge in [-0.15, -0.1) is 0 Å². The van der Waals surface area contributed by atoms with E-state index in [0.29, 0.717) is 0 Å². The molecule has 0 bridgehead atoms. The Kier molecular flexibility index (Phi) is 7.65. The van der Waals surface area contributed by atoms with Gasteiger partial charge in [0.15, 0.2) is 0 Å². The van der Waals surface area contributed by atoms with Crippen molar-refractivity contribution in [1.82, 2.24) is 4.90 Å². The van der Waals surface area contributed by atoms with Crippen LogP contribution in [0.1, 0.15) is 26.7 Å². The monoisotopic (exact) mass is 183 g/mol. The van der Waals surface area contributed by atoms with Gasteiger partial charge in [-0.05, 0) is 26.8 Å². The van der Waals surface area contributed by atoms with Crippen LogP contribution in [0.5, 0.6) is 0 Å². The van der Waals surface area contributed by atoms with Crippen molar-refractivity contribution in [1.29, 1.82) is 0 Å². The molecule has 0 aliphatic heterocycles. The Morgan fingerprint density at radius 2 is 1.85 bits per heavy atom. The molecule has 13 heavy (non-hydrogen) atoms. The zero-order valence-electron chi connectivity index (χ0n) is 8.90. The van der Waals surface area contributed by atoms with Gasteiger partial charge in [-0.1, -0.05) is 31.2 Å². The second-order valence-electron chi connectivity index (χ2n) is 3.16. The van der Waals surface area contributed by atoms with Gasteiger partial charge < -0.3 is 5.11 Å². The minimum atomic E-state index is -0.365. The fraction of sp³-hybridized carbons (Fsp3) is 0.636. The van der Waals surface area contributed by atoms with Crippen molar-refractivity contribution < 1.29 is 5.11 Å². The fourth-order valence-corrected chi connectivity index (χ4v) is 0.831. The lowest BCUT2D eigenvalue weighted by atomic mass is 10.3. The number of hydrogen-bond donors (Lipinski definition) is 1. The molecule has 0 radical (unpaired) electrons. The molecule has 2 nitrogen and oxygen atoms in total. The molecule has 0 aromatic rings. The molecule has 0 saturated carbocycles. The van der Waals surface area contributed by atoms with Crippen LogP contribution < -0.4 is 0 Å². The van der Waals surface area contributed by atoms with Gasteiger partial charge in [-0.3, -0.25) is 4.90 Å². The first-order valence-corrected chi connectivity index (χ1v) is 4.86. The van der Waals surface area contributed by atoms with Crippen molar-refractivity contribution in [2.24, 2.45) is 0 Å². The Labute approximate surface area is 81.6 Å². The zero-order valence-corrected chi connectivity index (χ0v) is 8.90. The van der Waals surface area contributed by atoms with Gasteiger partial charge in [0.05, 0.1) is 0 Å². The number of aliphatic hydroxyl groups excluding tert-OH is 1. The number of aliphatic hydroxyl groups is 1. The predicted octanol–water partition coefficient (Wildman–Crippen LogP) is 2.17. The Morgan fingerprint density at radius 3 is 2.38 bits per heavy atom. The number of allylic oxidation sites excluding steroid dienone is 3. The van der Waals surface area contributed by atoms with E-state index in [1.165, 1.54) is 0 Å². The quantitative estimate of drug-likeness (QED) is 0.504. The molecule has 0 aliphatic carbocycles. The first-order valence-electron chi connectivity index (χ1n) is 4.86. The van der Waals surface area contributed by atoms with E-state index in [9.17, 15) is 0 Å². The topological polar surface area (TPSA) is 23.5 Å². The van der Waals surface area contributed by atoms with Gasteiger partial charge in [0, 0.05) is 6.54 Å². The first-order chi connectivity index (χ1) is 6.18. The molecule has 1 atom stereocenters. The van der Waals surface area contributed by atoms with E-state index in [2.05, 4.69) is 31.2 Å². The third-order valence-corrected chi connectivity index (χ3v) is 1.87. The van der Waals surface area contributed by atoms with Crippen molar-refractivity contribution in [2.75, 3.05) is 13.6 Å². The first kappa shape index (κ1) is 12.4. The highest BCUT2D eigenvalue weighted by atomic mass is 16.3. The Balaban J connectivity index is 3.46. The van der Waals surface area contributed by atoms with Crippen LogP contribution >= 0.6 is 0 Å². The Hall–Kier alpha value is -0.600. The van der Waals surface area contributed by atoms with E-state index in [0.717, 1.165) is 19.4 Å². The number of nitrogens with zero attached hydrogens (tertiary/aromatic N) is 1. The maximum Gasteiger partial charge on any atom is 0.104 e. The van der Waals surface area contributed by atoms with Crippen LogP contribution in [0, 0.1) is 0 Å².